The van der Waals surface area contributed by atoms with Gasteiger partial charge in [0, 0.05) is 0 Å². The van der Waals surface area contributed by atoms with E-state index in [4.69, 9.17) is 0 Å². The van der Waals surface area contributed by atoms with Crippen molar-refractivity contribution >= 4 is 49.3 Å². The number of pyridine rings is 1. The van der Waals surface area contributed by atoms with Crippen molar-refractivity contribution in [3.8, 4) is 5.82 Å². The highest BCUT2D eigenvalue weighted by molar-refractivity contribution is 7.92. The first-order valence-electron chi connectivity index (χ1n) is 11.7. The van der Waals surface area contributed by atoms with Crippen molar-refractivity contribution in [3.05, 3.63) is 103 Å². The average Bonchev–Trinajstić information content (AvgIpc) is 3.37. The van der Waals surface area contributed by atoms with Crippen LogP contribution < -0.4 is 10.0 Å². The van der Waals surface area contributed by atoms with E-state index in [1.807, 2.05) is 24.3 Å². The second-order valence-electron chi connectivity index (χ2n) is 8.64. The van der Waals surface area contributed by atoms with Gasteiger partial charge in [-0.25, -0.2) is 37.1 Å². The number of benzene rings is 3. The molecule has 194 valence electrons. The Hall–Kier alpha value is -4.97. The zero-order chi connectivity index (χ0) is 27.1. The molecule has 0 bridgehead atoms. The lowest BCUT2D eigenvalue weighted by molar-refractivity contribution is 0.588. The molecule has 3 aromatic carbocycles. The number of hydrogen-bond acceptors (Lipinski definition) is 7. The van der Waals surface area contributed by atoms with E-state index >= 15 is 4.39 Å². The molecule has 39 heavy (non-hydrogen) atoms. The monoisotopic (exact) mass is 543 g/mol. The zero-order valence-corrected chi connectivity index (χ0v) is 21.1. The van der Waals surface area contributed by atoms with Crippen molar-refractivity contribution in [1.29, 1.82) is 0 Å². The van der Waals surface area contributed by atoms with Gasteiger partial charge in [-0.05, 0) is 55.0 Å². The van der Waals surface area contributed by atoms with Gasteiger partial charge in [0.25, 0.3) is 10.0 Å². The van der Waals surface area contributed by atoms with Crippen molar-refractivity contribution < 1.29 is 17.2 Å². The molecule has 0 atom stereocenters. The van der Waals surface area contributed by atoms with Gasteiger partial charge in [-0.15, -0.1) is 0 Å². The summed E-state index contributed by atoms with van der Waals surface area (Å²) in [5.74, 6) is -1.57. The Morgan fingerprint density at radius 1 is 0.846 bits per heavy atom. The smallest absolute Gasteiger partial charge is 0.262 e. The number of aryl methyl sites for hydroxylation is 1. The molecule has 0 amide bonds. The van der Waals surface area contributed by atoms with E-state index in [2.05, 4.69) is 30.0 Å². The number of nitrogens with one attached hydrogen (secondary N) is 2. The molecule has 0 fully saturated rings. The van der Waals surface area contributed by atoms with Gasteiger partial charge in [-0.1, -0.05) is 30.3 Å². The normalized spacial score (nSPS) is 11.7. The van der Waals surface area contributed by atoms with Crippen LogP contribution in [-0.4, -0.2) is 32.9 Å². The summed E-state index contributed by atoms with van der Waals surface area (Å²) in [6.45, 7) is 1.62. The molecule has 3 heterocycles. The molecule has 0 aliphatic carbocycles. The lowest BCUT2D eigenvalue weighted by Crippen LogP contribution is -2.16. The number of hydrogen-bond donors (Lipinski definition) is 2. The molecule has 6 aromatic rings. The van der Waals surface area contributed by atoms with Gasteiger partial charge in [0.05, 0.1) is 27.1 Å². The number of imidazole rings is 1. The summed E-state index contributed by atoms with van der Waals surface area (Å²) in [7, 11) is -4.14. The predicted octanol–water partition coefficient (Wildman–Crippen LogP) is 5.49. The maximum absolute atomic E-state index is 15.5. The number of rotatable bonds is 6. The minimum atomic E-state index is -4.14. The van der Waals surface area contributed by atoms with Gasteiger partial charge in [0.2, 0.25) is 0 Å². The summed E-state index contributed by atoms with van der Waals surface area (Å²) in [5.41, 5.74) is 1.72. The molecule has 0 saturated heterocycles. The molecule has 2 N–H and O–H groups in total. The van der Waals surface area contributed by atoms with Crippen molar-refractivity contribution in [2.45, 2.75) is 11.8 Å². The molecule has 0 spiro atoms. The minimum absolute atomic E-state index is 0.0196. The van der Waals surface area contributed by atoms with Crippen molar-refractivity contribution in [3.63, 3.8) is 0 Å². The first-order valence-corrected chi connectivity index (χ1v) is 13.2. The number of nitrogens with zero attached hydrogens (tertiary/aromatic N) is 5. The van der Waals surface area contributed by atoms with Crippen LogP contribution in [0.4, 0.5) is 26.0 Å². The fourth-order valence-corrected chi connectivity index (χ4v) is 5.53. The van der Waals surface area contributed by atoms with Crippen LogP contribution in [0, 0.1) is 18.6 Å². The minimum Gasteiger partial charge on any atom is -0.333 e. The van der Waals surface area contributed by atoms with E-state index in [0.29, 0.717) is 16.9 Å². The van der Waals surface area contributed by atoms with Gasteiger partial charge < -0.3 is 5.32 Å². The van der Waals surface area contributed by atoms with Crippen LogP contribution in [0.2, 0.25) is 0 Å². The van der Waals surface area contributed by atoms with E-state index < -0.39 is 33.0 Å². The number of para-hydroxylation sites is 2. The summed E-state index contributed by atoms with van der Waals surface area (Å²) >= 11 is 0. The Balaban J connectivity index is 1.40. The number of anilines is 3. The fourth-order valence-electron chi connectivity index (χ4n) is 4.22. The van der Waals surface area contributed by atoms with E-state index in [1.54, 1.807) is 48.1 Å². The highest BCUT2D eigenvalue weighted by Crippen LogP contribution is 2.32. The molecule has 3 aromatic heterocycles. The molecule has 0 saturated carbocycles. The number of halogens is 2. The second-order valence-corrected chi connectivity index (χ2v) is 10.3. The molecule has 0 radical (unpaired) electrons. The summed E-state index contributed by atoms with van der Waals surface area (Å²) in [5, 5.41) is 2.65. The average molecular weight is 544 g/mol. The quantitative estimate of drug-likeness (QED) is 0.285. The first-order chi connectivity index (χ1) is 18.8. The van der Waals surface area contributed by atoms with Gasteiger partial charge in [-0.3, -0.25) is 9.29 Å². The van der Waals surface area contributed by atoms with Crippen LogP contribution in [0.1, 0.15) is 5.56 Å². The summed E-state index contributed by atoms with van der Waals surface area (Å²) in [4.78, 5) is 17.3. The van der Waals surface area contributed by atoms with Crippen LogP contribution >= 0.6 is 0 Å². The Bertz CT molecular complexity index is 1990. The molecule has 0 aliphatic rings. The Morgan fingerprint density at radius 2 is 1.64 bits per heavy atom. The number of sulfonamides is 1. The fraction of sp³-hybridized carbons (Fsp3) is 0.0370. The van der Waals surface area contributed by atoms with Crippen molar-refractivity contribution in [1.82, 2.24) is 24.5 Å². The molecule has 12 heteroatoms. The van der Waals surface area contributed by atoms with Crippen LogP contribution in [0.15, 0.2) is 90.3 Å². The van der Waals surface area contributed by atoms with E-state index in [9.17, 15) is 12.8 Å². The van der Waals surface area contributed by atoms with Crippen LogP contribution in [0.25, 0.3) is 27.9 Å². The molecule has 0 aliphatic heterocycles. The lowest BCUT2D eigenvalue weighted by Gasteiger charge is -2.15. The Kier molecular flexibility index (Phi) is 5.88. The van der Waals surface area contributed by atoms with Crippen LogP contribution in [0.3, 0.4) is 0 Å². The van der Waals surface area contributed by atoms with Crippen molar-refractivity contribution in [2.24, 2.45) is 0 Å². The molecule has 9 nitrogen and oxygen atoms in total. The molecule has 0 unspecified atom stereocenters. The van der Waals surface area contributed by atoms with E-state index in [-0.39, 0.29) is 16.2 Å². The maximum Gasteiger partial charge on any atom is 0.262 e. The highest BCUT2D eigenvalue weighted by Gasteiger charge is 2.22. The number of aromatic nitrogens is 5. The van der Waals surface area contributed by atoms with Crippen molar-refractivity contribution in [2.75, 3.05) is 10.0 Å². The lowest BCUT2D eigenvalue weighted by atomic mass is 10.2. The third kappa shape index (κ3) is 4.40. The van der Waals surface area contributed by atoms with Crippen LogP contribution in [-0.2, 0) is 10.0 Å². The zero-order valence-electron chi connectivity index (χ0n) is 20.3. The third-order valence-corrected chi connectivity index (χ3v) is 7.66. The standard InChI is InChI=1S/C27H19F2N7O2S/c1-16-6-2-5-9-22(16)39(37,38)35-19-11-10-17(28)25(24(19)29)34-27-26-20(30-14-31-27)12-13-23(33-26)36-15-32-18-7-3-4-8-21(18)36/h2-15,35H,1H3,(H,30,31,34). The van der Waals surface area contributed by atoms with E-state index in [0.717, 1.165) is 23.2 Å². The highest BCUT2D eigenvalue weighted by atomic mass is 32.2. The Morgan fingerprint density at radius 3 is 2.49 bits per heavy atom. The largest absolute Gasteiger partial charge is 0.333 e. The first kappa shape index (κ1) is 24.4. The van der Waals surface area contributed by atoms with Gasteiger partial charge in [0.15, 0.2) is 11.6 Å². The molecular formula is C27H19F2N7O2S. The summed E-state index contributed by atoms with van der Waals surface area (Å²) < 4.78 is 60.2. The van der Waals surface area contributed by atoms with Gasteiger partial charge >= 0.3 is 0 Å². The molecule has 6 rings (SSSR count). The second kappa shape index (κ2) is 9.40. The summed E-state index contributed by atoms with van der Waals surface area (Å²) in [6.07, 6.45) is 2.86. The number of fused-ring (bicyclic) bond motifs is 2. The van der Waals surface area contributed by atoms with Gasteiger partial charge in [-0.2, -0.15) is 0 Å². The predicted molar refractivity (Wildman–Crippen MR) is 144 cm³/mol. The van der Waals surface area contributed by atoms with Crippen LogP contribution in [0.5, 0.6) is 0 Å². The third-order valence-electron chi connectivity index (χ3n) is 6.13. The topological polar surface area (TPSA) is 115 Å². The SMILES string of the molecule is Cc1ccccc1S(=O)(=O)Nc1ccc(F)c(Nc2ncnc3ccc(-n4cnc5ccccc54)nc23)c1F. The Labute approximate surface area is 221 Å². The molecular weight excluding hydrogens is 524 g/mol. The maximum atomic E-state index is 15.5. The van der Waals surface area contributed by atoms with E-state index in [1.165, 1.54) is 12.4 Å². The van der Waals surface area contributed by atoms with Gasteiger partial charge in [0.1, 0.15) is 35.5 Å². The summed E-state index contributed by atoms with van der Waals surface area (Å²) in [6, 6.07) is 19.2.